The third kappa shape index (κ3) is 2.59. The third-order valence-corrected chi connectivity index (χ3v) is 5.48. The van der Waals surface area contributed by atoms with Crippen molar-refractivity contribution in [3.8, 4) is 0 Å². The number of benzene rings is 1. The van der Waals surface area contributed by atoms with Gasteiger partial charge in [0, 0.05) is 13.3 Å². The lowest BCUT2D eigenvalue weighted by Crippen LogP contribution is -3.16. The maximum Gasteiger partial charge on any atom is 0.303 e. The number of fused-ring (bicyclic) bond motifs is 1. The van der Waals surface area contributed by atoms with Gasteiger partial charge in [-0.2, -0.15) is 0 Å². The van der Waals surface area contributed by atoms with Crippen molar-refractivity contribution in [3.05, 3.63) is 35.9 Å². The molecular weight excluding hydrogens is 262 g/mol. The van der Waals surface area contributed by atoms with Crippen LogP contribution in [0.2, 0.25) is 0 Å². The first kappa shape index (κ1) is 14.6. The second-order valence-electron chi connectivity index (χ2n) is 6.69. The molecule has 1 saturated heterocycles. The number of rotatable bonds is 2. The van der Waals surface area contributed by atoms with Gasteiger partial charge in [0.15, 0.2) is 5.60 Å². The molecule has 1 aliphatic carbocycles. The summed E-state index contributed by atoms with van der Waals surface area (Å²) in [5.41, 5.74) is 0.780. The molecule has 0 bridgehead atoms. The molecule has 3 heteroatoms. The minimum atomic E-state index is -0.405. The van der Waals surface area contributed by atoms with E-state index in [9.17, 15) is 4.79 Å². The van der Waals surface area contributed by atoms with Crippen LogP contribution in [0.3, 0.4) is 0 Å². The second kappa shape index (κ2) is 5.80. The molecule has 2 fully saturated rings. The van der Waals surface area contributed by atoms with E-state index in [-0.39, 0.29) is 5.97 Å². The zero-order valence-corrected chi connectivity index (χ0v) is 13.1. The van der Waals surface area contributed by atoms with E-state index in [0.29, 0.717) is 12.0 Å². The Morgan fingerprint density at radius 2 is 1.95 bits per heavy atom. The summed E-state index contributed by atoms with van der Waals surface area (Å²) in [5.74, 6) is 0.300. The number of piperidine rings is 1. The van der Waals surface area contributed by atoms with Crippen molar-refractivity contribution in [1.29, 1.82) is 0 Å². The normalized spacial score (nSPS) is 35.8. The molecule has 0 radical (unpaired) electrons. The SMILES string of the molecule is CC(=O)O[C@@]1(c2ccccc2)CC[NH+](C)[C@H]2CCCC[C@H]21. The van der Waals surface area contributed by atoms with Gasteiger partial charge in [-0.1, -0.05) is 36.8 Å². The summed E-state index contributed by atoms with van der Waals surface area (Å²) in [4.78, 5) is 13.4. The number of carbonyl (C=O) groups is 1. The summed E-state index contributed by atoms with van der Waals surface area (Å²) in [5, 5.41) is 0. The minimum absolute atomic E-state index is 0.150. The zero-order chi connectivity index (χ0) is 14.9. The molecule has 21 heavy (non-hydrogen) atoms. The van der Waals surface area contributed by atoms with E-state index in [2.05, 4.69) is 31.3 Å². The lowest BCUT2D eigenvalue weighted by atomic mass is 9.66. The number of likely N-dealkylation sites (tertiary alicyclic amines) is 1. The fourth-order valence-corrected chi connectivity index (χ4v) is 4.55. The lowest BCUT2D eigenvalue weighted by Gasteiger charge is -2.50. The largest absolute Gasteiger partial charge is 0.454 e. The summed E-state index contributed by atoms with van der Waals surface area (Å²) >= 11 is 0. The van der Waals surface area contributed by atoms with E-state index in [0.717, 1.165) is 13.0 Å². The number of ether oxygens (including phenoxy) is 1. The molecule has 1 aromatic rings. The van der Waals surface area contributed by atoms with E-state index >= 15 is 0 Å². The first-order valence-electron chi connectivity index (χ1n) is 8.21. The van der Waals surface area contributed by atoms with Crippen LogP contribution in [0.5, 0.6) is 0 Å². The monoisotopic (exact) mass is 288 g/mol. The summed E-state index contributed by atoms with van der Waals surface area (Å²) in [6, 6.07) is 11.0. The molecule has 0 amide bonds. The Morgan fingerprint density at radius 1 is 1.24 bits per heavy atom. The fraction of sp³-hybridized carbons (Fsp3) is 0.611. The van der Waals surface area contributed by atoms with Crippen molar-refractivity contribution in [2.45, 2.75) is 50.7 Å². The molecule has 2 aliphatic rings. The molecule has 1 N–H and O–H groups in total. The molecule has 0 spiro atoms. The first-order chi connectivity index (χ1) is 10.1. The first-order valence-corrected chi connectivity index (χ1v) is 8.21. The predicted molar refractivity (Wildman–Crippen MR) is 82.0 cm³/mol. The average Bonchev–Trinajstić information content (AvgIpc) is 2.51. The number of hydrogen-bond acceptors (Lipinski definition) is 2. The van der Waals surface area contributed by atoms with Crippen LogP contribution in [0.25, 0.3) is 0 Å². The standard InChI is InChI=1S/C18H25NO2/c1-14(20)21-18(15-8-4-3-5-9-15)12-13-19(2)17-11-7-6-10-16(17)18/h3-5,8-9,16-17H,6-7,10-13H2,1-2H3/p+1/t16-,17+,18-/m1/s1. The summed E-state index contributed by atoms with van der Waals surface area (Å²) in [6.45, 7) is 2.62. The number of carbonyl (C=O) groups excluding carboxylic acids is 1. The number of nitrogens with one attached hydrogen (secondary N) is 1. The summed E-state index contributed by atoms with van der Waals surface area (Å²) < 4.78 is 6.03. The molecule has 1 aliphatic heterocycles. The fourth-order valence-electron chi connectivity index (χ4n) is 4.55. The number of hydrogen-bond donors (Lipinski definition) is 1. The van der Waals surface area contributed by atoms with E-state index in [4.69, 9.17) is 4.74 Å². The van der Waals surface area contributed by atoms with E-state index in [1.807, 2.05) is 6.07 Å². The van der Waals surface area contributed by atoms with E-state index < -0.39 is 5.60 Å². The van der Waals surface area contributed by atoms with Crippen molar-refractivity contribution in [2.24, 2.45) is 5.92 Å². The highest BCUT2D eigenvalue weighted by Crippen LogP contribution is 2.45. The topological polar surface area (TPSA) is 30.7 Å². The molecular formula is C18H26NO2+. The average molecular weight is 288 g/mol. The third-order valence-electron chi connectivity index (χ3n) is 5.48. The van der Waals surface area contributed by atoms with Crippen LogP contribution in [0, 0.1) is 5.92 Å². The Labute approximate surface area is 127 Å². The van der Waals surface area contributed by atoms with Crippen molar-refractivity contribution >= 4 is 5.97 Å². The highest BCUT2D eigenvalue weighted by Gasteiger charge is 2.54. The Kier molecular flexibility index (Phi) is 4.03. The van der Waals surface area contributed by atoms with E-state index in [1.165, 1.54) is 31.2 Å². The van der Waals surface area contributed by atoms with Crippen molar-refractivity contribution < 1.29 is 14.4 Å². The maximum absolute atomic E-state index is 11.8. The quantitative estimate of drug-likeness (QED) is 0.843. The Balaban J connectivity index is 2.03. The van der Waals surface area contributed by atoms with Crippen LogP contribution in [-0.2, 0) is 15.1 Å². The van der Waals surface area contributed by atoms with Gasteiger partial charge in [-0.25, -0.2) is 0 Å². The zero-order valence-electron chi connectivity index (χ0n) is 13.1. The van der Waals surface area contributed by atoms with Gasteiger partial charge in [-0.3, -0.25) is 4.79 Å². The molecule has 3 nitrogen and oxygen atoms in total. The smallest absolute Gasteiger partial charge is 0.303 e. The summed E-state index contributed by atoms with van der Waals surface area (Å²) in [6.07, 6.45) is 5.92. The van der Waals surface area contributed by atoms with Crippen LogP contribution in [0.15, 0.2) is 30.3 Å². The van der Waals surface area contributed by atoms with Gasteiger partial charge in [0.1, 0.15) is 0 Å². The molecule has 4 atom stereocenters. The van der Waals surface area contributed by atoms with Crippen molar-refractivity contribution in [2.75, 3.05) is 13.6 Å². The van der Waals surface area contributed by atoms with Gasteiger partial charge < -0.3 is 9.64 Å². The lowest BCUT2D eigenvalue weighted by molar-refractivity contribution is -0.921. The molecule has 0 aromatic heterocycles. The van der Waals surface area contributed by atoms with Crippen molar-refractivity contribution in [1.82, 2.24) is 0 Å². The van der Waals surface area contributed by atoms with Gasteiger partial charge in [0.25, 0.3) is 0 Å². The second-order valence-corrected chi connectivity index (χ2v) is 6.69. The molecule has 1 heterocycles. The molecule has 1 unspecified atom stereocenters. The van der Waals surface area contributed by atoms with Crippen molar-refractivity contribution in [3.63, 3.8) is 0 Å². The van der Waals surface area contributed by atoms with Crippen LogP contribution in [0.1, 0.15) is 44.6 Å². The molecule has 3 rings (SSSR count). The Morgan fingerprint density at radius 3 is 2.67 bits per heavy atom. The number of esters is 1. The minimum Gasteiger partial charge on any atom is -0.454 e. The van der Waals surface area contributed by atoms with Crippen LogP contribution in [0.4, 0.5) is 0 Å². The Bertz CT molecular complexity index is 501. The van der Waals surface area contributed by atoms with Gasteiger partial charge in [0.05, 0.1) is 25.6 Å². The van der Waals surface area contributed by atoms with Crippen LogP contribution >= 0.6 is 0 Å². The van der Waals surface area contributed by atoms with Crippen LogP contribution < -0.4 is 4.90 Å². The maximum atomic E-state index is 11.8. The van der Waals surface area contributed by atoms with Gasteiger partial charge in [0.2, 0.25) is 0 Å². The predicted octanol–water partition coefficient (Wildman–Crippen LogP) is 1.92. The molecule has 114 valence electrons. The van der Waals surface area contributed by atoms with Gasteiger partial charge in [-0.05, 0) is 24.8 Å². The van der Waals surface area contributed by atoms with Gasteiger partial charge in [-0.15, -0.1) is 0 Å². The van der Waals surface area contributed by atoms with E-state index in [1.54, 1.807) is 11.8 Å². The summed E-state index contributed by atoms with van der Waals surface area (Å²) in [7, 11) is 2.30. The molecule has 1 aromatic carbocycles. The van der Waals surface area contributed by atoms with Crippen LogP contribution in [-0.4, -0.2) is 25.6 Å². The Hall–Kier alpha value is -1.35. The van der Waals surface area contributed by atoms with Gasteiger partial charge >= 0.3 is 5.97 Å². The highest BCUT2D eigenvalue weighted by atomic mass is 16.6. The highest BCUT2D eigenvalue weighted by molar-refractivity contribution is 5.67. The number of quaternary nitrogens is 1. The molecule has 1 saturated carbocycles.